The Hall–Kier alpha value is -2.44. The Morgan fingerprint density at radius 2 is 2.19 bits per heavy atom. The van der Waals surface area contributed by atoms with Crippen LogP contribution in [0.15, 0.2) is 48.7 Å². The lowest BCUT2D eigenvalue weighted by Crippen LogP contribution is -2.29. The lowest BCUT2D eigenvalue weighted by molar-refractivity contribution is 0.0957. The van der Waals surface area contributed by atoms with Gasteiger partial charge in [0.2, 0.25) is 0 Å². The third kappa shape index (κ3) is 3.01. The van der Waals surface area contributed by atoms with Crippen molar-refractivity contribution in [2.24, 2.45) is 5.84 Å². The zero-order chi connectivity index (χ0) is 14.7. The SMILES string of the molecule is NNC(=O)c1ccc(COc2ccc3cccnc3c2)s1. The van der Waals surface area contributed by atoms with Crippen molar-refractivity contribution >= 4 is 28.1 Å². The van der Waals surface area contributed by atoms with Crippen molar-refractivity contribution in [1.29, 1.82) is 0 Å². The quantitative estimate of drug-likeness (QED) is 0.441. The first-order chi connectivity index (χ1) is 10.3. The second-order valence-electron chi connectivity index (χ2n) is 4.39. The van der Waals surface area contributed by atoms with Crippen LogP contribution in [0, 0.1) is 0 Å². The minimum absolute atomic E-state index is 0.291. The van der Waals surface area contributed by atoms with Crippen LogP contribution >= 0.6 is 11.3 Å². The molecule has 0 unspecified atom stereocenters. The number of pyridine rings is 1. The summed E-state index contributed by atoms with van der Waals surface area (Å²) in [6.45, 7) is 0.404. The van der Waals surface area contributed by atoms with Crippen molar-refractivity contribution in [3.63, 3.8) is 0 Å². The van der Waals surface area contributed by atoms with Crippen molar-refractivity contribution in [3.8, 4) is 5.75 Å². The summed E-state index contributed by atoms with van der Waals surface area (Å²) in [7, 11) is 0. The number of hydrazine groups is 1. The van der Waals surface area contributed by atoms with E-state index in [0.29, 0.717) is 11.5 Å². The number of aromatic nitrogens is 1. The second kappa shape index (κ2) is 5.90. The van der Waals surface area contributed by atoms with E-state index in [4.69, 9.17) is 10.6 Å². The van der Waals surface area contributed by atoms with Crippen molar-refractivity contribution in [1.82, 2.24) is 10.4 Å². The molecule has 1 aromatic carbocycles. The van der Waals surface area contributed by atoms with Gasteiger partial charge in [0.1, 0.15) is 12.4 Å². The Balaban J connectivity index is 1.71. The molecule has 1 amide bonds. The number of amides is 1. The molecule has 0 fully saturated rings. The number of ether oxygens (including phenoxy) is 1. The van der Waals surface area contributed by atoms with Gasteiger partial charge in [-0.1, -0.05) is 6.07 Å². The second-order valence-corrected chi connectivity index (χ2v) is 5.55. The van der Waals surface area contributed by atoms with Crippen LogP contribution in [0.1, 0.15) is 14.5 Å². The van der Waals surface area contributed by atoms with Gasteiger partial charge < -0.3 is 4.74 Å². The van der Waals surface area contributed by atoms with E-state index in [1.807, 2.05) is 36.4 Å². The van der Waals surface area contributed by atoms with E-state index in [1.165, 1.54) is 11.3 Å². The van der Waals surface area contributed by atoms with Crippen LogP contribution in [0.4, 0.5) is 0 Å². The molecule has 2 heterocycles. The molecule has 0 bridgehead atoms. The summed E-state index contributed by atoms with van der Waals surface area (Å²) in [4.78, 5) is 17.2. The number of carbonyl (C=O) groups is 1. The molecule has 0 aliphatic heterocycles. The molecular weight excluding hydrogens is 286 g/mol. The topological polar surface area (TPSA) is 77.2 Å². The van der Waals surface area contributed by atoms with Crippen LogP contribution in [-0.2, 0) is 6.61 Å². The molecule has 3 aromatic rings. The van der Waals surface area contributed by atoms with E-state index in [1.54, 1.807) is 12.3 Å². The van der Waals surface area contributed by atoms with E-state index in [2.05, 4.69) is 10.4 Å². The number of nitrogen functional groups attached to an aromatic ring is 1. The largest absolute Gasteiger partial charge is 0.488 e. The summed E-state index contributed by atoms with van der Waals surface area (Å²) in [5, 5.41) is 1.07. The van der Waals surface area contributed by atoms with E-state index < -0.39 is 0 Å². The van der Waals surface area contributed by atoms with Crippen molar-refractivity contribution in [3.05, 3.63) is 58.4 Å². The van der Waals surface area contributed by atoms with Gasteiger partial charge in [0.25, 0.3) is 5.91 Å². The molecule has 0 spiro atoms. The Kier molecular flexibility index (Phi) is 3.81. The van der Waals surface area contributed by atoms with Crippen molar-refractivity contribution in [2.75, 3.05) is 0 Å². The normalized spacial score (nSPS) is 10.5. The summed E-state index contributed by atoms with van der Waals surface area (Å²) in [5.74, 6) is 5.56. The molecule has 3 rings (SSSR count). The van der Waals surface area contributed by atoms with Gasteiger partial charge in [0.15, 0.2) is 0 Å². The van der Waals surface area contributed by atoms with Crippen LogP contribution in [0.25, 0.3) is 10.9 Å². The molecule has 3 N–H and O–H groups in total. The summed E-state index contributed by atoms with van der Waals surface area (Å²) in [6, 6.07) is 13.3. The monoisotopic (exact) mass is 299 g/mol. The summed E-state index contributed by atoms with van der Waals surface area (Å²) < 4.78 is 5.73. The van der Waals surface area contributed by atoms with Gasteiger partial charge in [-0.15, -0.1) is 11.3 Å². The first-order valence-corrected chi connectivity index (χ1v) is 7.15. The number of nitrogens with zero attached hydrogens (tertiary/aromatic N) is 1. The molecular formula is C15H13N3O2S. The fourth-order valence-corrected chi connectivity index (χ4v) is 2.76. The number of nitrogens with two attached hydrogens (primary N) is 1. The molecule has 2 aromatic heterocycles. The number of rotatable bonds is 4. The van der Waals surface area contributed by atoms with Gasteiger partial charge in [-0.05, 0) is 30.3 Å². The highest BCUT2D eigenvalue weighted by atomic mass is 32.1. The Morgan fingerprint density at radius 3 is 3.05 bits per heavy atom. The number of hydrogen-bond donors (Lipinski definition) is 2. The summed E-state index contributed by atoms with van der Waals surface area (Å²) >= 11 is 1.36. The molecule has 0 aliphatic carbocycles. The third-order valence-corrected chi connectivity index (χ3v) is 4.03. The highest BCUT2D eigenvalue weighted by Gasteiger charge is 2.08. The predicted molar refractivity (Wildman–Crippen MR) is 82.0 cm³/mol. The number of carbonyl (C=O) groups excluding carboxylic acids is 1. The number of fused-ring (bicyclic) bond motifs is 1. The minimum atomic E-state index is -0.291. The average molecular weight is 299 g/mol. The fourth-order valence-electron chi connectivity index (χ4n) is 1.94. The van der Waals surface area contributed by atoms with Crippen LogP contribution in [0.3, 0.4) is 0 Å². The van der Waals surface area contributed by atoms with Crippen LogP contribution in [0.5, 0.6) is 5.75 Å². The summed E-state index contributed by atoms with van der Waals surface area (Å²) in [6.07, 6.45) is 1.75. The van der Waals surface area contributed by atoms with Crippen LogP contribution in [-0.4, -0.2) is 10.9 Å². The Morgan fingerprint density at radius 1 is 1.29 bits per heavy atom. The molecule has 0 saturated heterocycles. The van der Waals surface area contributed by atoms with E-state index in [0.717, 1.165) is 21.5 Å². The number of benzene rings is 1. The third-order valence-electron chi connectivity index (χ3n) is 2.98. The Labute approximate surface area is 125 Å². The minimum Gasteiger partial charge on any atom is -0.488 e. The molecule has 21 heavy (non-hydrogen) atoms. The van der Waals surface area contributed by atoms with Gasteiger partial charge in [0, 0.05) is 22.5 Å². The van der Waals surface area contributed by atoms with Gasteiger partial charge in [-0.2, -0.15) is 0 Å². The summed E-state index contributed by atoms with van der Waals surface area (Å²) in [5.41, 5.74) is 3.00. The number of thiophene rings is 1. The molecule has 106 valence electrons. The van der Waals surface area contributed by atoms with Gasteiger partial charge in [0.05, 0.1) is 10.4 Å². The molecule has 5 nitrogen and oxygen atoms in total. The average Bonchev–Trinajstić information content (AvgIpc) is 3.01. The zero-order valence-corrected chi connectivity index (χ0v) is 11.9. The van der Waals surface area contributed by atoms with Gasteiger partial charge >= 0.3 is 0 Å². The standard InChI is InChI=1S/C15H13N3O2S/c16-18-15(19)14-6-5-12(21-14)9-20-11-4-3-10-2-1-7-17-13(10)8-11/h1-8H,9,16H2,(H,18,19). The van der Waals surface area contributed by atoms with Gasteiger partial charge in [-0.3, -0.25) is 15.2 Å². The molecule has 0 atom stereocenters. The maximum Gasteiger partial charge on any atom is 0.275 e. The van der Waals surface area contributed by atoms with E-state index in [9.17, 15) is 4.79 Å². The lowest BCUT2D eigenvalue weighted by atomic mass is 10.2. The molecule has 0 aliphatic rings. The maximum atomic E-state index is 11.4. The maximum absolute atomic E-state index is 11.4. The lowest BCUT2D eigenvalue weighted by Gasteiger charge is -2.05. The first kappa shape index (κ1) is 13.5. The number of hydrogen-bond acceptors (Lipinski definition) is 5. The first-order valence-electron chi connectivity index (χ1n) is 6.33. The predicted octanol–water partition coefficient (Wildman–Crippen LogP) is 2.48. The smallest absolute Gasteiger partial charge is 0.275 e. The van der Waals surface area contributed by atoms with E-state index >= 15 is 0 Å². The van der Waals surface area contributed by atoms with Crippen molar-refractivity contribution in [2.45, 2.75) is 6.61 Å². The Bertz CT molecular complexity index is 785. The van der Waals surface area contributed by atoms with Crippen LogP contribution < -0.4 is 16.0 Å². The molecule has 0 radical (unpaired) electrons. The molecule has 6 heteroatoms. The molecule has 0 saturated carbocycles. The number of nitrogens with one attached hydrogen (secondary N) is 1. The van der Waals surface area contributed by atoms with E-state index in [-0.39, 0.29) is 5.91 Å². The van der Waals surface area contributed by atoms with Gasteiger partial charge in [-0.25, -0.2) is 5.84 Å². The van der Waals surface area contributed by atoms with Crippen LogP contribution in [0.2, 0.25) is 0 Å². The highest BCUT2D eigenvalue weighted by Crippen LogP contribution is 2.22. The highest BCUT2D eigenvalue weighted by molar-refractivity contribution is 7.14. The zero-order valence-electron chi connectivity index (χ0n) is 11.1. The van der Waals surface area contributed by atoms with Crippen molar-refractivity contribution < 1.29 is 9.53 Å². The fraction of sp³-hybridized carbons (Fsp3) is 0.0667.